The lowest BCUT2D eigenvalue weighted by Crippen LogP contribution is -2.60. The molecular formula is C30H37ClN6O8. The van der Waals surface area contributed by atoms with Gasteiger partial charge in [-0.05, 0) is 42.0 Å². The van der Waals surface area contributed by atoms with Crippen molar-refractivity contribution >= 4 is 63.8 Å². The molecule has 0 bridgehead atoms. The zero-order valence-corrected chi connectivity index (χ0v) is 25.3. The molecule has 45 heavy (non-hydrogen) atoms. The molecule has 0 saturated carbocycles. The van der Waals surface area contributed by atoms with Crippen LogP contribution in [-0.4, -0.2) is 88.0 Å². The number of carboxylic acids is 1. The third-order valence-corrected chi connectivity index (χ3v) is 7.69. The zero-order chi connectivity index (χ0) is 33.1. The number of carbonyl (C=O) groups excluding carboxylic acids is 6. The molecule has 1 unspecified atom stereocenters. The highest BCUT2D eigenvalue weighted by Gasteiger charge is 2.38. The van der Waals surface area contributed by atoms with E-state index in [1.165, 1.54) is 4.90 Å². The average molecular weight is 645 g/mol. The van der Waals surface area contributed by atoms with Crippen molar-refractivity contribution in [2.75, 3.05) is 12.4 Å². The summed E-state index contributed by atoms with van der Waals surface area (Å²) in [5.74, 6) is -6.38. The first-order chi connectivity index (χ1) is 21.4. The molecule has 0 spiro atoms. The number of likely N-dealkylation sites (tertiary alicyclic amines) is 1. The molecule has 1 aliphatic heterocycles. The third-order valence-electron chi connectivity index (χ3n) is 7.45. The highest BCUT2D eigenvalue weighted by atomic mass is 35.5. The summed E-state index contributed by atoms with van der Waals surface area (Å²) in [6, 6.07) is 8.04. The lowest BCUT2D eigenvalue weighted by molar-refractivity contribution is -0.148. The fourth-order valence-electron chi connectivity index (χ4n) is 5.20. The van der Waals surface area contributed by atoms with Gasteiger partial charge in [-0.3, -0.25) is 33.6 Å². The Morgan fingerprint density at radius 3 is 2.27 bits per heavy atom. The maximum atomic E-state index is 13.7. The molecule has 1 aliphatic rings. The van der Waals surface area contributed by atoms with Gasteiger partial charge in [-0.25, -0.2) is 0 Å². The highest BCUT2D eigenvalue weighted by molar-refractivity contribution is 6.27. The number of hydrogen-bond acceptors (Lipinski definition) is 7. The van der Waals surface area contributed by atoms with Crippen LogP contribution in [0.15, 0.2) is 42.5 Å². The van der Waals surface area contributed by atoms with Crippen LogP contribution in [0, 0.1) is 0 Å². The van der Waals surface area contributed by atoms with Crippen LogP contribution in [0.1, 0.15) is 44.1 Å². The van der Waals surface area contributed by atoms with Crippen molar-refractivity contribution in [2.45, 2.75) is 69.1 Å². The van der Waals surface area contributed by atoms with E-state index in [0.717, 1.165) is 10.8 Å². The van der Waals surface area contributed by atoms with Gasteiger partial charge in [-0.2, -0.15) is 0 Å². The van der Waals surface area contributed by atoms with Gasteiger partial charge in [0.15, 0.2) is 0 Å². The van der Waals surface area contributed by atoms with Crippen LogP contribution < -0.4 is 27.4 Å². The van der Waals surface area contributed by atoms with Crippen molar-refractivity contribution in [2.24, 2.45) is 11.5 Å². The van der Waals surface area contributed by atoms with Gasteiger partial charge in [0, 0.05) is 19.4 Å². The van der Waals surface area contributed by atoms with Gasteiger partial charge in [0.2, 0.25) is 35.4 Å². The predicted molar refractivity (Wildman–Crippen MR) is 163 cm³/mol. The van der Waals surface area contributed by atoms with Crippen LogP contribution >= 0.6 is 11.6 Å². The second kappa shape index (κ2) is 16.4. The Labute approximate surface area is 264 Å². The third kappa shape index (κ3) is 10.2. The van der Waals surface area contributed by atoms with E-state index < -0.39 is 77.9 Å². The number of benzene rings is 2. The van der Waals surface area contributed by atoms with Crippen LogP contribution in [0.3, 0.4) is 0 Å². The summed E-state index contributed by atoms with van der Waals surface area (Å²) in [6.07, 6.45) is 0.228. The topological polar surface area (TPSA) is 231 Å². The molecule has 6 amide bonds. The fraction of sp³-hybridized carbons (Fsp3) is 0.433. The first-order valence-corrected chi connectivity index (χ1v) is 15.0. The molecular weight excluding hydrogens is 608 g/mol. The van der Waals surface area contributed by atoms with Gasteiger partial charge < -0.3 is 37.4 Å². The SMILES string of the molecule is NC(=O)CC[C@H](NC(=O)C(Cc1ccc2ccccc2c1)NC(=O)[C@@H]1CCCCN1C(=O)[C@H](CC(=O)O)NC(=O)CCl)C(N)=O. The van der Waals surface area contributed by atoms with Crippen molar-refractivity contribution in [3.05, 3.63) is 48.0 Å². The summed E-state index contributed by atoms with van der Waals surface area (Å²) < 4.78 is 0. The Balaban J connectivity index is 1.88. The van der Waals surface area contributed by atoms with E-state index in [2.05, 4.69) is 16.0 Å². The van der Waals surface area contributed by atoms with E-state index >= 15 is 0 Å². The average Bonchev–Trinajstić information content (AvgIpc) is 3.01. The minimum atomic E-state index is -1.46. The Kier molecular flexibility index (Phi) is 12.7. The molecule has 15 heteroatoms. The smallest absolute Gasteiger partial charge is 0.305 e. The minimum Gasteiger partial charge on any atom is -0.481 e. The van der Waals surface area contributed by atoms with Gasteiger partial charge in [-0.15, -0.1) is 11.6 Å². The number of aliphatic carboxylic acids is 1. The number of nitrogens with two attached hydrogens (primary N) is 2. The lowest BCUT2D eigenvalue weighted by atomic mass is 9.97. The molecule has 3 rings (SSSR count). The van der Waals surface area contributed by atoms with Crippen LogP contribution in [0.5, 0.6) is 0 Å². The highest BCUT2D eigenvalue weighted by Crippen LogP contribution is 2.21. The summed E-state index contributed by atoms with van der Waals surface area (Å²) in [5.41, 5.74) is 11.3. The van der Waals surface area contributed by atoms with Gasteiger partial charge in [0.1, 0.15) is 30.0 Å². The number of halogens is 1. The standard InChI is InChI=1S/C30H37ClN6O8/c31-16-25(39)34-22(15-26(40)41)30(45)37-12-4-3-7-23(37)29(44)36-21(28(43)35-20(27(33)42)10-11-24(32)38)14-17-8-9-18-5-1-2-6-19(18)13-17/h1-2,5-6,8-9,13,20-23H,3-4,7,10-12,14-16H2,(H2,32,38)(H2,33,42)(H,34,39)(H,35,43)(H,36,44)(H,40,41)/t20-,21?,22-,23-/m0/s1. The molecule has 1 saturated heterocycles. The first-order valence-electron chi connectivity index (χ1n) is 14.4. The monoisotopic (exact) mass is 644 g/mol. The molecule has 242 valence electrons. The van der Waals surface area contributed by atoms with Crippen LogP contribution in [0.4, 0.5) is 0 Å². The maximum Gasteiger partial charge on any atom is 0.305 e. The summed E-state index contributed by atoms with van der Waals surface area (Å²) in [5, 5.41) is 18.7. The largest absolute Gasteiger partial charge is 0.481 e. The number of nitrogens with zero attached hydrogens (tertiary/aromatic N) is 1. The van der Waals surface area contributed by atoms with Gasteiger partial charge in [0.25, 0.3) is 0 Å². The normalized spacial score (nSPS) is 16.6. The Morgan fingerprint density at radius 2 is 1.62 bits per heavy atom. The quantitative estimate of drug-likeness (QED) is 0.140. The number of fused-ring (bicyclic) bond motifs is 1. The number of alkyl halides is 1. The first kappa shape index (κ1) is 34.8. The molecule has 1 heterocycles. The minimum absolute atomic E-state index is 0.00219. The van der Waals surface area contributed by atoms with E-state index in [1.54, 1.807) is 6.07 Å². The second-order valence-corrected chi connectivity index (χ2v) is 11.1. The number of piperidine rings is 1. The number of primary amides is 2. The molecule has 2 aromatic rings. The lowest BCUT2D eigenvalue weighted by Gasteiger charge is -2.37. The molecule has 0 aliphatic carbocycles. The van der Waals surface area contributed by atoms with E-state index in [-0.39, 0.29) is 32.2 Å². The van der Waals surface area contributed by atoms with Crippen molar-refractivity contribution in [1.29, 1.82) is 0 Å². The predicted octanol–water partition coefficient (Wildman–Crippen LogP) is -0.318. The zero-order valence-electron chi connectivity index (χ0n) is 24.5. The van der Waals surface area contributed by atoms with Crippen molar-refractivity contribution in [1.82, 2.24) is 20.9 Å². The van der Waals surface area contributed by atoms with E-state index in [4.69, 9.17) is 23.1 Å². The number of carboxylic acid groups (broad SMARTS) is 1. The number of nitrogens with one attached hydrogen (secondary N) is 3. The van der Waals surface area contributed by atoms with Crippen molar-refractivity contribution < 1.29 is 38.7 Å². The summed E-state index contributed by atoms with van der Waals surface area (Å²) >= 11 is 5.54. The van der Waals surface area contributed by atoms with Gasteiger partial charge in [-0.1, -0.05) is 42.5 Å². The van der Waals surface area contributed by atoms with E-state index in [1.807, 2.05) is 36.4 Å². The second-order valence-electron chi connectivity index (χ2n) is 10.8. The Bertz CT molecular complexity index is 1450. The van der Waals surface area contributed by atoms with Gasteiger partial charge >= 0.3 is 5.97 Å². The van der Waals surface area contributed by atoms with Crippen molar-refractivity contribution in [3.8, 4) is 0 Å². The van der Waals surface area contributed by atoms with Crippen LogP contribution in [-0.2, 0) is 40.0 Å². The van der Waals surface area contributed by atoms with Crippen molar-refractivity contribution in [3.63, 3.8) is 0 Å². The summed E-state index contributed by atoms with van der Waals surface area (Å²) in [7, 11) is 0. The number of amides is 6. The summed E-state index contributed by atoms with van der Waals surface area (Å²) in [4.78, 5) is 88.6. The molecule has 14 nitrogen and oxygen atoms in total. The van der Waals surface area contributed by atoms with E-state index in [0.29, 0.717) is 18.4 Å². The maximum absolute atomic E-state index is 13.7. The molecule has 0 aromatic heterocycles. The molecule has 2 aromatic carbocycles. The Morgan fingerprint density at radius 1 is 0.911 bits per heavy atom. The number of hydrogen-bond donors (Lipinski definition) is 6. The van der Waals surface area contributed by atoms with E-state index in [9.17, 15) is 38.7 Å². The molecule has 1 fully saturated rings. The van der Waals surface area contributed by atoms with Crippen LogP contribution in [0.2, 0.25) is 0 Å². The van der Waals surface area contributed by atoms with Gasteiger partial charge in [0.05, 0.1) is 6.42 Å². The fourth-order valence-corrected chi connectivity index (χ4v) is 5.28. The molecule has 8 N–H and O–H groups in total. The number of rotatable bonds is 15. The number of carbonyl (C=O) groups is 7. The summed E-state index contributed by atoms with van der Waals surface area (Å²) in [6.45, 7) is 0.113. The van der Waals surface area contributed by atoms with Crippen LogP contribution in [0.25, 0.3) is 10.8 Å². The molecule has 4 atom stereocenters. The molecule has 0 radical (unpaired) electrons. The Hall–Kier alpha value is -4.72.